The maximum atomic E-state index is 11.1. The number of rotatable bonds is 3. The van der Waals surface area contributed by atoms with Crippen molar-refractivity contribution >= 4 is 5.91 Å². The van der Waals surface area contributed by atoms with E-state index in [1.54, 1.807) is 13.3 Å². The first-order valence-electron chi connectivity index (χ1n) is 4.70. The fourth-order valence-corrected chi connectivity index (χ4v) is 1.46. The van der Waals surface area contributed by atoms with E-state index in [9.17, 15) is 4.79 Å². The van der Waals surface area contributed by atoms with E-state index in [2.05, 4.69) is 10.2 Å². The van der Waals surface area contributed by atoms with Gasteiger partial charge in [0.15, 0.2) is 0 Å². The second kappa shape index (κ2) is 4.06. The molecule has 0 spiro atoms. The van der Waals surface area contributed by atoms with Crippen molar-refractivity contribution in [2.45, 2.75) is 0 Å². The number of amides is 1. The van der Waals surface area contributed by atoms with Gasteiger partial charge in [-0.25, -0.2) is 0 Å². The van der Waals surface area contributed by atoms with E-state index in [1.807, 2.05) is 24.3 Å². The van der Waals surface area contributed by atoms with Crippen LogP contribution in [0.5, 0.6) is 5.75 Å². The van der Waals surface area contributed by atoms with Crippen molar-refractivity contribution in [3.63, 3.8) is 0 Å². The maximum absolute atomic E-state index is 11.1. The summed E-state index contributed by atoms with van der Waals surface area (Å²) in [6, 6.07) is 7.31. The van der Waals surface area contributed by atoms with E-state index in [0.29, 0.717) is 11.3 Å². The topological polar surface area (TPSA) is 81.0 Å². The van der Waals surface area contributed by atoms with Crippen molar-refractivity contribution in [1.29, 1.82) is 0 Å². The standard InChI is InChI=1S/C11H11N3O2/c1-16-8-4-2-7(3-5-8)9-6-13-14-10(9)11(12)15/h2-6H,1H3,(H2,12,15)(H,13,14). The van der Waals surface area contributed by atoms with Gasteiger partial charge in [0.05, 0.1) is 13.3 Å². The largest absolute Gasteiger partial charge is 0.497 e. The number of nitrogens with one attached hydrogen (secondary N) is 1. The fraction of sp³-hybridized carbons (Fsp3) is 0.0909. The molecule has 5 heteroatoms. The van der Waals surface area contributed by atoms with Crippen molar-refractivity contribution < 1.29 is 9.53 Å². The molecule has 0 radical (unpaired) electrons. The van der Waals surface area contributed by atoms with Gasteiger partial charge in [0, 0.05) is 5.56 Å². The van der Waals surface area contributed by atoms with Gasteiger partial charge in [-0.3, -0.25) is 9.89 Å². The Morgan fingerprint density at radius 3 is 2.62 bits per heavy atom. The third kappa shape index (κ3) is 1.75. The Morgan fingerprint density at radius 1 is 1.38 bits per heavy atom. The summed E-state index contributed by atoms with van der Waals surface area (Å²) in [7, 11) is 1.60. The zero-order chi connectivity index (χ0) is 11.5. The number of hydrogen-bond acceptors (Lipinski definition) is 3. The highest BCUT2D eigenvalue weighted by Crippen LogP contribution is 2.23. The number of methoxy groups -OCH3 is 1. The minimum atomic E-state index is -0.525. The summed E-state index contributed by atoms with van der Waals surface area (Å²) >= 11 is 0. The Labute approximate surface area is 92.2 Å². The molecule has 0 saturated carbocycles. The average Bonchev–Trinajstić information content (AvgIpc) is 2.78. The molecule has 3 N–H and O–H groups in total. The summed E-state index contributed by atoms with van der Waals surface area (Å²) < 4.78 is 5.05. The van der Waals surface area contributed by atoms with Crippen LogP contribution in [0.3, 0.4) is 0 Å². The first-order chi connectivity index (χ1) is 7.72. The Hall–Kier alpha value is -2.30. The summed E-state index contributed by atoms with van der Waals surface area (Å²) in [6.07, 6.45) is 1.57. The Kier molecular flexibility index (Phi) is 2.59. The van der Waals surface area contributed by atoms with Crippen molar-refractivity contribution in [2.24, 2.45) is 5.73 Å². The van der Waals surface area contributed by atoms with Crippen molar-refractivity contribution in [1.82, 2.24) is 10.2 Å². The zero-order valence-electron chi connectivity index (χ0n) is 8.73. The van der Waals surface area contributed by atoms with Crippen LogP contribution >= 0.6 is 0 Å². The number of nitrogens with two attached hydrogens (primary N) is 1. The summed E-state index contributed by atoms with van der Waals surface area (Å²) in [5.74, 6) is 0.233. The second-order valence-electron chi connectivity index (χ2n) is 3.25. The molecule has 0 aliphatic carbocycles. The molecule has 0 aliphatic rings. The third-order valence-corrected chi connectivity index (χ3v) is 2.29. The van der Waals surface area contributed by atoms with E-state index in [4.69, 9.17) is 10.5 Å². The summed E-state index contributed by atoms with van der Waals surface area (Å²) in [4.78, 5) is 11.1. The van der Waals surface area contributed by atoms with Gasteiger partial charge in [-0.05, 0) is 17.7 Å². The SMILES string of the molecule is COc1ccc(-c2cn[nH]c2C(N)=O)cc1. The fourth-order valence-electron chi connectivity index (χ4n) is 1.46. The van der Waals surface area contributed by atoms with E-state index in [1.165, 1.54) is 0 Å². The molecule has 1 aromatic carbocycles. The van der Waals surface area contributed by atoms with Crippen LogP contribution in [-0.2, 0) is 0 Å². The summed E-state index contributed by atoms with van der Waals surface area (Å²) in [5.41, 5.74) is 7.08. The third-order valence-electron chi connectivity index (χ3n) is 2.29. The van der Waals surface area contributed by atoms with E-state index in [-0.39, 0.29) is 0 Å². The average molecular weight is 217 g/mol. The van der Waals surface area contributed by atoms with Crippen molar-refractivity contribution in [3.8, 4) is 16.9 Å². The Morgan fingerprint density at radius 2 is 2.06 bits per heavy atom. The Balaban J connectivity index is 2.42. The van der Waals surface area contributed by atoms with Crippen LogP contribution in [0.4, 0.5) is 0 Å². The minimum Gasteiger partial charge on any atom is -0.497 e. The molecule has 1 aromatic heterocycles. The van der Waals surface area contributed by atoms with Crippen LogP contribution in [0.15, 0.2) is 30.5 Å². The first kappa shape index (κ1) is 10.2. The monoisotopic (exact) mass is 217 g/mol. The number of H-pyrrole nitrogens is 1. The van der Waals surface area contributed by atoms with Crippen LogP contribution in [0.1, 0.15) is 10.5 Å². The molecule has 16 heavy (non-hydrogen) atoms. The number of hydrogen-bond donors (Lipinski definition) is 2. The lowest BCUT2D eigenvalue weighted by molar-refractivity contribution is 0.0996. The van der Waals surface area contributed by atoms with Gasteiger partial charge in [-0.2, -0.15) is 5.10 Å². The number of benzene rings is 1. The van der Waals surface area contributed by atoms with E-state index < -0.39 is 5.91 Å². The summed E-state index contributed by atoms with van der Waals surface area (Å²) in [5, 5.41) is 6.38. The maximum Gasteiger partial charge on any atom is 0.267 e. The molecule has 0 atom stereocenters. The smallest absolute Gasteiger partial charge is 0.267 e. The second-order valence-corrected chi connectivity index (χ2v) is 3.25. The lowest BCUT2D eigenvalue weighted by atomic mass is 10.1. The van der Waals surface area contributed by atoms with Crippen LogP contribution < -0.4 is 10.5 Å². The number of aromatic nitrogens is 2. The van der Waals surface area contributed by atoms with Crippen molar-refractivity contribution in [2.75, 3.05) is 7.11 Å². The molecule has 82 valence electrons. The molecule has 0 aliphatic heterocycles. The highest BCUT2D eigenvalue weighted by molar-refractivity contribution is 5.97. The number of primary amides is 1. The molecule has 0 fully saturated rings. The van der Waals surface area contributed by atoms with Gasteiger partial charge >= 0.3 is 0 Å². The number of ether oxygens (including phenoxy) is 1. The lowest BCUT2D eigenvalue weighted by Gasteiger charge is -2.02. The van der Waals surface area contributed by atoms with Crippen LogP contribution in [0.25, 0.3) is 11.1 Å². The summed E-state index contributed by atoms with van der Waals surface area (Å²) in [6.45, 7) is 0. The number of nitrogens with zero attached hydrogens (tertiary/aromatic N) is 1. The molecular weight excluding hydrogens is 206 g/mol. The molecule has 0 bridgehead atoms. The van der Waals surface area contributed by atoms with Crippen LogP contribution in [0.2, 0.25) is 0 Å². The molecule has 1 heterocycles. The quantitative estimate of drug-likeness (QED) is 0.810. The molecule has 2 rings (SSSR count). The molecule has 2 aromatic rings. The lowest BCUT2D eigenvalue weighted by Crippen LogP contribution is -2.12. The van der Waals surface area contributed by atoms with E-state index >= 15 is 0 Å². The molecule has 1 amide bonds. The van der Waals surface area contributed by atoms with Gasteiger partial charge in [0.25, 0.3) is 5.91 Å². The molecule has 0 unspecified atom stereocenters. The van der Waals surface area contributed by atoms with Gasteiger partial charge in [-0.15, -0.1) is 0 Å². The van der Waals surface area contributed by atoms with Gasteiger partial charge in [0.2, 0.25) is 0 Å². The number of aromatic amines is 1. The zero-order valence-corrected chi connectivity index (χ0v) is 8.73. The highest BCUT2D eigenvalue weighted by atomic mass is 16.5. The van der Waals surface area contributed by atoms with Gasteiger partial charge < -0.3 is 10.5 Å². The first-order valence-corrected chi connectivity index (χ1v) is 4.70. The molecule has 0 saturated heterocycles. The Bertz CT molecular complexity index is 502. The number of carbonyl (C=O) groups is 1. The molecule has 5 nitrogen and oxygen atoms in total. The highest BCUT2D eigenvalue weighted by Gasteiger charge is 2.11. The van der Waals surface area contributed by atoms with Gasteiger partial charge in [0.1, 0.15) is 11.4 Å². The van der Waals surface area contributed by atoms with E-state index in [0.717, 1.165) is 11.3 Å². The normalized spacial score (nSPS) is 10.1. The van der Waals surface area contributed by atoms with Crippen molar-refractivity contribution in [3.05, 3.63) is 36.2 Å². The predicted molar refractivity (Wildman–Crippen MR) is 59.1 cm³/mol. The number of carbonyl (C=O) groups excluding carboxylic acids is 1. The van der Waals surface area contributed by atoms with Crippen LogP contribution in [-0.4, -0.2) is 23.2 Å². The van der Waals surface area contributed by atoms with Crippen LogP contribution in [0, 0.1) is 0 Å². The predicted octanol–water partition coefficient (Wildman–Crippen LogP) is 1.18. The minimum absolute atomic E-state index is 0.310. The molecular formula is C11H11N3O2. The van der Waals surface area contributed by atoms with Gasteiger partial charge in [-0.1, -0.05) is 12.1 Å².